The number of carbonyl (C=O) groups excluding carboxylic acids is 2. The molecule has 2 aromatic rings. The van der Waals surface area contributed by atoms with Gasteiger partial charge in [0.2, 0.25) is 5.91 Å². The second kappa shape index (κ2) is 7.66. The van der Waals surface area contributed by atoms with Crippen LogP contribution in [0.4, 0.5) is 18.0 Å². The van der Waals surface area contributed by atoms with Crippen molar-refractivity contribution in [3.8, 4) is 0 Å². The SMILES string of the molecule is CN1C[C@@H]2CN(Cc3cccc(C(F)(F)F)c3)C(=O)N2[C@@H](Cc2ccccc2)C1=O. The van der Waals surface area contributed by atoms with E-state index >= 15 is 0 Å². The van der Waals surface area contributed by atoms with Gasteiger partial charge >= 0.3 is 12.2 Å². The molecule has 8 heteroatoms. The van der Waals surface area contributed by atoms with Crippen LogP contribution in [0, 0.1) is 0 Å². The molecule has 2 heterocycles. The van der Waals surface area contributed by atoms with E-state index in [0.717, 1.165) is 17.7 Å². The highest BCUT2D eigenvalue weighted by molar-refractivity contribution is 5.90. The van der Waals surface area contributed by atoms with Crippen molar-refractivity contribution in [1.29, 1.82) is 0 Å². The molecule has 0 radical (unpaired) electrons. The van der Waals surface area contributed by atoms with Crippen molar-refractivity contribution in [1.82, 2.24) is 14.7 Å². The fourth-order valence-corrected chi connectivity index (χ4v) is 4.27. The molecule has 30 heavy (non-hydrogen) atoms. The van der Waals surface area contributed by atoms with Crippen LogP contribution in [0.15, 0.2) is 54.6 Å². The summed E-state index contributed by atoms with van der Waals surface area (Å²) in [7, 11) is 1.72. The molecule has 0 spiro atoms. The Morgan fingerprint density at radius 1 is 0.967 bits per heavy atom. The Balaban J connectivity index is 1.56. The molecule has 0 bridgehead atoms. The standard InChI is InChI=1S/C22H22F3N3O2/c1-26-13-18-14-27(12-16-8-5-9-17(10-16)22(23,24)25)21(30)28(18)19(20(26)29)11-15-6-3-2-4-7-15/h2-10,18-19H,11-14H2,1H3/t18-,19+/m1/s1. The van der Waals surface area contributed by atoms with Gasteiger partial charge < -0.3 is 14.7 Å². The molecule has 2 saturated heterocycles. The van der Waals surface area contributed by atoms with Gasteiger partial charge in [0.15, 0.2) is 0 Å². The topological polar surface area (TPSA) is 43.9 Å². The number of rotatable bonds is 4. The van der Waals surface area contributed by atoms with E-state index in [1.165, 1.54) is 11.0 Å². The third-order valence-corrected chi connectivity index (χ3v) is 5.70. The van der Waals surface area contributed by atoms with Crippen molar-refractivity contribution in [3.05, 3.63) is 71.3 Å². The summed E-state index contributed by atoms with van der Waals surface area (Å²) < 4.78 is 39.0. The van der Waals surface area contributed by atoms with E-state index in [1.54, 1.807) is 22.9 Å². The molecule has 2 aliphatic rings. The summed E-state index contributed by atoms with van der Waals surface area (Å²) in [5, 5.41) is 0. The van der Waals surface area contributed by atoms with Gasteiger partial charge in [0.1, 0.15) is 6.04 Å². The van der Waals surface area contributed by atoms with Gasteiger partial charge in [0.25, 0.3) is 0 Å². The second-order valence-electron chi connectivity index (χ2n) is 7.85. The maximum Gasteiger partial charge on any atom is 0.416 e. The zero-order valence-corrected chi connectivity index (χ0v) is 16.5. The van der Waals surface area contributed by atoms with E-state index < -0.39 is 17.8 Å². The first-order valence-corrected chi connectivity index (χ1v) is 9.76. The van der Waals surface area contributed by atoms with Crippen LogP contribution in [-0.2, 0) is 23.9 Å². The monoisotopic (exact) mass is 417 g/mol. The lowest BCUT2D eigenvalue weighted by Gasteiger charge is -2.40. The van der Waals surface area contributed by atoms with E-state index in [4.69, 9.17) is 0 Å². The van der Waals surface area contributed by atoms with Gasteiger partial charge in [-0.1, -0.05) is 42.5 Å². The number of hydrogen-bond donors (Lipinski definition) is 0. The lowest BCUT2D eigenvalue weighted by Crippen LogP contribution is -2.60. The van der Waals surface area contributed by atoms with Crippen LogP contribution >= 0.6 is 0 Å². The lowest BCUT2D eigenvalue weighted by atomic mass is 9.99. The molecule has 2 aliphatic heterocycles. The van der Waals surface area contributed by atoms with Gasteiger partial charge in [-0.05, 0) is 23.3 Å². The number of piperazine rings is 1. The van der Waals surface area contributed by atoms with Crippen LogP contribution in [0.3, 0.4) is 0 Å². The Labute approximate surface area is 172 Å². The van der Waals surface area contributed by atoms with E-state index in [1.807, 2.05) is 30.3 Å². The van der Waals surface area contributed by atoms with Crippen molar-refractivity contribution in [2.45, 2.75) is 31.2 Å². The lowest BCUT2D eigenvalue weighted by molar-refractivity contribution is -0.140. The molecule has 2 atom stereocenters. The number of amides is 3. The van der Waals surface area contributed by atoms with Crippen molar-refractivity contribution in [2.75, 3.05) is 20.1 Å². The highest BCUT2D eigenvalue weighted by Crippen LogP contribution is 2.31. The number of hydrogen-bond acceptors (Lipinski definition) is 2. The van der Waals surface area contributed by atoms with Crippen molar-refractivity contribution < 1.29 is 22.8 Å². The van der Waals surface area contributed by atoms with E-state index in [9.17, 15) is 22.8 Å². The van der Waals surface area contributed by atoms with E-state index in [2.05, 4.69) is 0 Å². The van der Waals surface area contributed by atoms with Crippen LogP contribution in [0.1, 0.15) is 16.7 Å². The average Bonchev–Trinajstić information content (AvgIpc) is 3.00. The van der Waals surface area contributed by atoms with E-state index in [0.29, 0.717) is 25.1 Å². The summed E-state index contributed by atoms with van der Waals surface area (Å²) in [5.74, 6) is -0.121. The average molecular weight is 417 g/mol. The number of nitrogens with zero attached hydrogens (tertiary/aromatic N) is 3. The van der Waals surface area contributed by atoms with Gasteiger partial charge in [-0.15, -0.1) is 0 Å². The molecule has 2 aromatic carbocycles. The largest absolute Gasteiger partial charge is 0.416 e. The molecule has 0 N–H and O–H groups in total. The summed E-state index contributed by atoms with van der Waals surface area (Å²) >= 11 is 0. The third-order valence-electron chi connectivity index (χ3n) is 5.70. The first-order valence-electron chi connectivity index (χ1n) is 9.76. The van der Waals surface area contributed by atoms with Gasteiger partial charge in [-0.3, -0.25) is 4.79 Å². The minimum absolute atomic E-state index is 0.0751. The Hall–Kier alpha value is -3.03. The maximum absolute atomic E-state index is 13.1. The second-order valence-corrected chi connectivity index (χ2v) is 7.85. The first-order chi connectivity index (χ1) is 14.2. The van der Waals surface area contributed by atoms with Crippen LogP contribution < -0.4 is 0 Å². The predicted octanol–water partition coefficient (Wildman–Crippen LogP) is 3.39. The Bertz CT molecular complexity index is 948. The zero-order valence-electron chi connectivity index (χ0n) is 16.5. The van der Waals surface area contributed by atoms with Crippen LogP contribution in [0.5, 0.6) is 0 Å². The maximum atomic E-state index is 13.1. The molecule has 2 fully saturated rings. The molecular weight excluding hydrogens is 395 g/mol. The smallest absolute Gasteiger partial charge is 0.342 e. The zero-order chi connectivity index (χ0) is 21.5. The van der Waals surface area contributed by atoms with Crippen LogP contribution in [0.2, 0.25) is 0 Å². The molecular formula is C22H22F3N3O2. The Morgan fingerprint density at radius 3 is 2.37 bits per heavy atom. The number of benzene rings is 2. The molecule has 0 aromatic heterocycles. The Morgan fingerprint density at radius 2 is 1.67 bits per heavy atom. The third kappa shape index (κ3) is 3.86. The van der Waals surface area contributed by atoms with Gasteiger partial charge in [-0.2, -0.15) is 13.2 Å². The fourth-order valence-electron chi connectivity index (χ4n) is 4.27. The minimum Gasteiger partial charge on any atom is -0.342 e. The summed E-state index contributed by atoms with van der Waals surface area (Å²) in [6, 6.07) is 13.4. The summed E-state index contributed by atoms with van der Waals surface area (Å²) in [6.45, 7) is 0.860. The highest BCUT2D eigenvalue weighted by Gasteiger charge is 2.48. The van der Waals surface area contributed by atoms with Crippen LogP contribution in [0.25, 0.3) is 0 Å². The van der Waals surface area contributed by atoms with Gasteiger partial charge in [-0.25, -0.2) is 4.79 Å². The number of halogens is 3. The fraction of sp³-hybridized carbons (Fsp3) is 0.364. The quantitative estimate of drug-likeness (QED) is 0.766. The number of alkyl halides is 3. The van der Waals surface area contributed by atoms with Crippen LogP contribution in [-0.4, -0.2) is 58.9 Å². The normalized spacial score (nSPS) is 21.9. The molecule has 5 nitrogen and oxygen atoms in total. The molecule has 0 saturated carbocycles. The van der Waals surface area contributed by atoms with E-state index in [-0.39, 0.29) is 24.5 Å². The molecule has 0 unspecified atom stereocenters. The molecule has 3 amide bonds. The Kier molecular flexibility index (Phi) is 5.17. The summed E-state index contributed by atoms with van der Waals surface area (Å²) in [5.41, 5.74) is 0.632. The predicted molar refractivity (Wildman–Crippen MR) is 104 cm³/mol. The molecule has 158 valence electrons. The molecule has 4 rings (SSSR count). The molecule has 0 aliphatic carbocycles. The van der Waals surface area contributed by atoms with Crippen molar-refractivity contribution in [2.24, 2.45) is 0 Å². The number of fused-ring (bicyclic) bond motifs is 1. The number of urea groups is 1. The van der Waals surface area contributed by atoms with Crippen molar-refractivity contribution >= 4 is 11.9 Å². The summed E-state index contributed by atoms with van der Waals surface area (Å²) in [6.07, 6.45) is -4.03. The minimum atomic E-state index is -4.43. The highest BCUT2D eigenvalue weighted by atomic mass is 19.4. The summed E-state index contributed by atoms with van der Waals surface area (Å²) in [4.78, 5) is 30.7. The number of carbonyl (C=O) groups is 2. The first kappa shape index (κ1) is 20.3. The van der Waals surface area contributed by atoms with Gasteiger partial charge in [0, 0.05) is 33.1 Å². The number of likely N-dealkylation sites (N-methyl/N-ethyl adjacent to an activating group) is 1. The van der Waals surface area contributed by atoms with Crippen molar-refractivity contribution in [3.63, 3.8) is 0 Å². The van der Waals surface area contributed by atoms with Gasteiger partial charge in [0.05, 0.1) is 11.6 Å².